The first-order chi connectivity index (χ1) is 12.4. The number of hydrogen-bond donors (Lipinski definition) is 2. The van der Waals surface area contributed by atoms with E-state index in [1.165, 1.54) is 23.5 Å². The second kappa shape index (κ2) is 10.6. The van der Waals surface area contributed by atoms with Crippen LogP contribution in [0.3, 0.4) is 0 Å². The van der Waals surface area contributed by atoms with E-state index in [1.54, 1.807) is 48.2 Å². The van der Waals surface area contributed by atoms with Crippen LogP contribution in [0.25, 0.3) is 0 Å². The van der Waals surface area contributed by atoms with Crippen LogP contribution in [-0.4, -0.2) is 39.4 Å². The number of nitrogens with two attached hydrogens (primary N) is 1. The van der Waals surface area contributed by atoms with Gasteiger partial charge in [-0.1, -0.05) is 24.3 Å². The summed E-state index contributed by atoms with van der Waals surface area (Å²) in [5.74, 6) is 0.454. The van der Waals surface area contributed by atoms with Gasteiger partial charge in [0.2, 0.25) is 5.91 Å². The minimum Gasteiger partial charge on any atom is -0.325 e. The molecule has 6 nitrogen and oxygen atoms in total. The monoisotopic (exact) mass is 429 g/mol. The third kappa shape index (κ3) is 6.14. The van der Waals surface area contributed by atoms with Crippen molar-refractivity contribution in [1.29, 1.82) is 0 Å². The topological polar surface area (TPSA) is 92.5 Å². The molecule has 0 aliphatic rings. The van der Waals surface area contributed by atoms with Gasteiger partial charge in [0.1, 0.15) is 0 Å². The predicted octanol–water partition coefficient (Wildman–Crippen LogP) is 2.95. The van der Waals surface area contributed by atoms with Gasteiger partial charge in [-0.25, -0.2) is 8.42 Å². The molecule has 148 valence electrons. The molecule has 0 radical (unpaired) electrons. The molecule has 2 aromatic carbocycles. The highest BCUT2D eigenvalue weighted by Crippen LogP contribution is 2.23. The highest BCUT2D eigenvalue weighted by atomic mass is 35.5. The fourth-order valence-electron chi connectivity index (χ4n) is 2.28. The van der Waals surface area contributed by atoms with Gasteiger partial charge in [-0.05, 0) is 48.8 Å². The average molecular weight is 430 g/mol. The standard InChI is InChI=1S/C18H23N3O3S2.ClH/c1-21(15-8-4-3-5-9-15)26(23,24)16-10-6-7-14(13-16)20-18(22)17(19)11-12-25-2;/h3-10,13,17H,11-12,19H2,1-2H3,(H,20,22);1H/t17-;/m0./s1. The van der Waals surface area contributed by atoms with Crippen molar-refractivity contribution in [2.45, 2.75) is 17.4 Å². The molecule has 0 saturated carbocycles. The van der Waals surface area contributed by atoms with Crippen LogP contribution in [0, 0.1) is 0 Å². The largest absolute Gasteiger partial charge is 0.325 e. The Labute approximate surface area is 171 Å². The van der Waals surface area contributed by atoms with Crippen LogP contribution in [0.15, 0.2) is 59.5 Å². The molecule has 0 aromatic heterocycles. The summed E-state index contributed by atoms with van der Waals surface area (Å²) in [6.07, 6.45) is 2.50. The van der Waals surface area contributed by atoms with Gasteiger partial charge < -0.3 is 11.1 Å². The van der Waals surface area contributed by atoms with Gasteiger partial charge in [0, 0.05) is 12.7 Å². The highest BCUT2D eigenvalue weighted by Gasteiger charge is 2.22. The molecule has 3 N–H and O–H groups in total. The number of sulfonamides is 1. The van der Waals surface area contributed by atoms with Crippen LogP contribution in [-0.2, 0) is 14.8 Å². The van der Waals surface area contributed by atoms with Gasteiger partial charge in [0.25, 0.3) is 10.0 Å². The van der Waals surface area contributed by atoms with E-state index in [4.69, 9.17) is 5.73 Å². The van der Waals surface area contributed by atoms with Gasteiger partial charge in [-0.15, -0.1) is 12.4 Å². The minimum absolute atomic E-state index is 0. The van der Waals surface area contributed by atoms with Crippen molar-refractivity contribution in [3.05, 3.63) is 54.6 Å². The Morgan fingerprint density at radius 2 is 1.85 bits per heavy atom. The molecule has 0 fully saturated rings. The smallest absolute Gasteiger partial charge is 0.264 e. The molecular formula is C18H24ClN3O3S2. The van der Waals surface area contributed by atoms with Crippen molar-refractivity contribution in [2.75, 3.05) is 28.7 Å². The maximum absolute atomic E-state index is 12.8. The first kappa shape index (κ1) is 23.3. The SMILES string of the molecule is CSCC[C@H](N)C(=O)Nc1cccc(S(=O)(=O)N(C)c2ccccc2)c1.Cl. The predicted molar refractivity (Wildman–Crippen MR) is 115 cm³/mol. The Morgan fingerprint density at radius 1 is 1.19 bits per heavy atom. The molecule has 9 heteroatoms. The Balaban J connectivity index is 0.00000364. The molecule has 0 bridgehead atoms. The number of anilines is 2. The van der Waals surface area contributed by atoms with Crippen LogP contribution in [0.5, 0.6) is 0 Å². The normalized spacial score (nSPS) is 12.0. The molecule has 2 rings (SSSR count). The number of hydrogen-bond acceptors (Lipinski definition) is 5. The van der Waals surface area contributed by atoms with E-state index in [2.05, 4.69) is 5.32 Å². The fraction of sp³-hybridized carbons (Fsp3) is 0.278. The zero-order valence-corrected chi connectivity index (χ0v) is 17.6. The summed E-state index contributed by atoms with van der Waals surface area (Å²) in [5.41, 5.74) is 6.80. The third-order valence-electron chi connectivity index (χ3n) is 3.85. The summed E-state index contributed by atoms with van der Waals surface area (Å²) in [6.45, 7) is 0. The van der Waals surface area contributed by atoms with E-state index < -0.39 is 16.1 Å². The van der Waals surface area contributed by atoms with Gasteiger partial charge in [0.05, 0.1) is 16.6 Å². The van der Waals surface area contributed by atoms with Crippen LogP contribution >= 0.6 is 24.2 Å². The van der Waals surface area contributed by atoms with Crippen LogP contribution in [0.4, 0.5) is 11.4 Å². The second-order valence-electron chi connectivity index (χ2n) is 5.71. The van der Waals surface area contributed by atoms with Crippen molar-refractivity contribution < 1.29 is 13.2 Å². The zero-order chi connectivity index (χ0) is 19.2. The summed E-state index contributed by atoms with van der Waals surface area (Å²) >= 11 is 1.62. The first-order valence-corrected chi connectivity index (χ1v) is 10.9. The number of rotatable bonds is 8. The molecule has 0 unspecified atom stereocenters. The molecular weight excluding hydrogens is 406 g/mol. The molecule has 1 amide bonds. The molecule has 1 atom stereocenters. The number of nitrogens with zero attached hydrogens (tertiary/aromatic N) is 1. The number of amides is 1. The zero-order valence-electron chi connectivity index (χ0n) is 15.2. The van der Waals surface area contributed by atoms with Crippen molar-refractivity contribution >= 4 is 51.5 Å². The van der Waals surface area contributed by atoms with Crippen molar-refractivity contribution in [3.63, 3.8) is 0 Å². The Bertz CT molecular complexity index is 848. The van der Waals surface area contributed by atoms with E-state index in [-0.39, 0.29) is 23.2 Å². The van der Waals surface area contributed by atoms with Gasteiger partial charge in [0.15, 0.2) is 0 Å². The number of nitrogens with one attached hydrogen (secondary N) is 1. The fourth-order valence-corrected chi connectivity index (χ4v) is 4.01. The van der Waals surface area contributed by atoms with E-state index in [9.17, 15) is 13.2 Å². The number of thioether (sulfide) groups is 1. The lowest BCUT2D eigenvalue weighted by Gasteiger charge is -2.20. The molecule has 0 saturated heterocycles. The summed E-state index contributed by atoms with van der Waals surface area (Å²) in [5, 5.41) is 2.69. The maximum atomic E-state index is 12.8. The summed E-state index contributed by atoms with van der Waals surface area (Å²) in [4.78, 5) is 12.2. The van der Waals surface area contributed by atoms with E-state index in [1.807, 2.05) is 12.3 Å². The number of halogens is 1. The van der Waals surface area contributed by atoms with Gasteiger partial charge in [-0.3, -0.25) is 9.10 Å². The number of carbonyl (C=O) groups excluding carboxylic acids is 1. The molecule has 2 aromatic rings. The Morgan fingerprint density at radius 3 is 2.48 bits per heavy atom. The number of para-hydroxylation sites is 1. The summed E-state index contributed by atoms with van der Waals surface area (Å²) < 4.78 is 26.9. The quantitative estimate of drug-likeness (QED) is 0.672. The molecule has 0 spiro atoms. The molecule has 0 aliphatic carbocycles. The van der Waals surface area contributed by atoms with Crippen molar-refractivity contribution in [2.24, 2.45) is 5.73 Å². The van der Waals surface area contributed by atoms with E-state index in [0.29, 0.717) is 17.8 Å². The van der Waals surface area contributed by atoms with Crippen LogP contribution in [0.1, 0.15) is 6.42 Å². The van der Waals surface area contributed by atoms with Crippen LogP contribution < -0.4 is 15.4 Å². The van der Waals surface area contributed by atoms with E-state index in [0.717, 1.165) is 5.75 Å². The lowest BCUT2D eigenvalue weighted by atomic mass is 10.2. The van der Waals surface area contributed by atoms with Crippen molar-refractivity contribution in [1.82, 2.24) is 0 Å². The lowest BCUT2D eigenvalue weighted by molar-refractivity contribution is -0.117. The number of benzene rings is 2. The summed E-state index contributed by atoms with van der Waals surface area (Å²) in [6, 6.07) is 14.3. The molecule has 0 aliphatic heterocycles. The Kier molecular flexibility index (Phi) is 9.11. The van der Waals surface area contributed by atoms with Gasteiger partial charge >= 0.3 is 0 Å². The maximum Gasteiger partial charge on any atom is 0.264 e. The van der Waals surface area contributed by atoms with Crippen LogP contribution in [0.2, 0.25) is 0 Å². The minimum atomic E-state index is -3.74. The summed E-state index contributed by atoms with van der Waals surface area (Å²) in [7, 11) is -2.24. The first-order valence-electron chi connectivity index (χ1n) is 8.05. The highest BCUT2D eigenvalue weighted by molar-refractivity contribution is 7.98. The van der Waals surface area contributed by atoms with Gasteiger partial charge in [-0.2, -0.15) is 11.8 Å². The third-order valence-corrected chi connectivity index (χ3v) is 6.28. The van der Waals surface area contributed by atoms with E-state index >= 15 is 0 Å². The number of carbonyl (C=O) groups is 1. The Hall–Kier alpha value is -1.74. The average Bonchev–Trinajstić information content (AvgIpc) is 2.66. The van der Waals surface area contributed by atoms with Crippen molar-refractivity contribution in [3.8, 4) is 0 Å². The lowest BCUT2D eigenvalue weighted by Crippen LogP contribution is -2.36. The molecule has 27 heavy (non-hydrogen) atoms. The second-order valence-corrected chi connectivity index (χ2v) is 8.67. The molecule has 0 heterocycles.